The van der Waals surface area contributed by atoms with E-state index in [9.17, 15) is 0 Å². The van der Waals surface area contributed by atoms with E-state index in [1.807, 2.05) is 0 Å². The topological polar surface area (TPSA) is 25.2 Å². The molecule has 1 aromatic heterocycles. The van der Waals surface area contributed by atoms with Crippen LogP contribution in [0.4, 0.5) is 0 Å². The van der Waals surface area contributed by atoms with Crippen molar-refractivity contribution in [3.63, 3.8) is 0 Å². The molecule has 2 heteroatoms. The van der Waals surface area contributed by atoms with Crippen molar-refractivity contribution in [1.29, 1.82) is 0 Å². The molecule has 1 fully saturated rings. The maximum Gasteiger partial charge on any atom is 0.134 e. The molecular formula is C18H25NO. The average Bonchev–Trinajstić information content (AvgIpc) is 3.20. The number of benzene rings is 1. The van der Waals surface area contributed by atoms with Gasteiger partial charge in [-0.15, -0.1) is 0 Å². The first-order valence-electron chi connectivity index (χ1n) is 7.96. The molecule has 1 aromatic carbocycles. The first kappa shape index (κ1) is 13.7. The van der Waals surface area contributed by atoms with Crippen LogP contribution in [0.2, 0.25) is 0 Å². The van der Waals surface area contributed by atoms with E-state index in [1.54, 1.807) is 0 Å². The monoisotopic (exact) mass is 271 g/mol. The van der Waals surface area contributed by atoms with E-state index in [-0.39, 0.29) is 0 Å². The molecule has 1 aliphatic rings. The lowest BCUT2D eigenvalue weighted by Crippen LogP contribution is -2.15. The van der Waals surface area contributed by atoms with Crippen LogP contribution in [0, 0.1) is 0 Å². The van der Waals surface area contributed by atoms with Gasteiger partial charge in [-0.25, -0.2) is 0 Å². The minimum Gasteiger partial charge on any atom is -0.459 e. The lowest BCUT2D eigenvalue weighted by molar-refractivity contribution is 0.505. The second kappa shape index (κ2) is 5.61. The van der Waals surface area contributed by atoms with Crippen molar-refractivity contribution in [1.82, 2.24) is 5.32 Å². The molecule has 20 heavy (non-hydrogen) atoms. The molecule has 3 rings (SSSR count). The largest absolute Gasteiger partial charge is 0.459 e. The molecule has 0 bridgehead atoms. The summed E-state index contributed by atoms with van der Waals surface area (Å²) in [7, 11) is 0. The Balaban J connectivity index is 1.97. The molecule has 108 valence electrons. The van der Waals surface area contributed by atoms with Crippen LogP contribution in [0.5, 0.6) is 0 Å². The summed E-state index contributed by atoms with van der Waals surface area (Å²) in [6.45, 7) is 7.61. The van der Waals surface area contributed by atoms with Crippen LogP contribution in [0.15, 0.2) is 22.6 Å². The zero-order valence-corrected chi connectivity index (χ0v) is 12.8. The maximum absolute atomic E-state index is 6.10. The third-order valence-corrected chi connectivity index (χ3v) is 4.19. The van der Waals surface area contributed by atoms with E-state index in [2.05, 4.69) is 44.3 Å². The highest BCUT2D eigenvalue weighted by atomic mass is 16.3. The van der Waals surface area contributed by atoms with Crippen LogP contribution in [0.1, 0.15) is 62.8 Å². The standard InChI is InChI=1S/C18H25NO/c1-4-5-15-16-10-13(12(2)3)6-9-17(16)20-18(15)11-19-14-7-8-14/h6,9-10,12,14,19H,4-5,7-8,11H2,1-3H3. The Morgan fingerprint density at radius 3 is 2.75 bits per heavy atom. The Hall–Kier alpha value is -1.28. The third kappa shape index (κ3) is 2.76. The molecular weight excluding hydrogens is 246 g/mol. The maximum atomic E-state index is 6.10. The molecule has 0 unspecified atom stereocenters. The van der Waals surface area contributed by atoms with Crippen molar-refractivity contribution in [2.45, 2.75) is 65.0 Å². The molecule has 2 nitrogen and oxygen atoms in total. The first-order valence-corrected chi connectivity index (χ1v) is 7.96. The summed E-state index contributed by atoms with van der Waals surface area (Å²) in [5.41, 5.74) is 3.86. The fourth-order valence-corrected chi connectivity index (χ4v) is 2.77. The van der Waals surface area contributed by atoms with Crippen LogP contribution in [-0.4, -0.2) is 6.04 Å². The van der Waals surface area contributed by atoms with Crippen LogP contribution in [0.3, 0.4) is 0 Å². The van der Waals surface area contributed by atoms with Gasteiger partial charge < -0.3 is 9.73 Å². The van der Waals surface area contributed by atoms with Crippen molar-refractivity contribution in [2.24, 2.45) is 0 Å². The van der Waals surface area contributed by atoms with Gasteiger partial charge in [0.05, 0.1) is 6.54 Å². The Morgan fingerprint density at radius 1 is 1.30 bits per heavy atom. The predicted octanol–water partition coefficient (Wildman–Crippen LogP) is 4.76. The molecule has 1 saturated carbocycles. The second-order valence-electron chi connectivity index (χ2n) is 6.32. The van der Waals surface area contributed by atoms with E-state index in [0.717, 1.165) is 36.8 Å². The molecule has 1 N–H and O–H groups in total. The van der Waals surface area contributed by atoms with Gasteiger partial charge in [0.2, 0.25) is 0 Å². The van der Waals surface area contributed by atoms with Crippen molar-refractivity contribution < 1.29 is 4.42 Å². The number of fused-ring (bicyclic) bond motifs is 1. The highest BCUT2D eigenvalue weighted by Gasteiger charge is 2.22. The number of nitrogens with one attached hydrogen (secondary N) is 1. The fraction of sp³-hybridized carbons (Fsp3) is 0.556. The molecule has 0 atom stereocenters. The Bertz CT molecular complexity index is 593. The number of furan rings is 1. The van der Waals surface area contributed by atoms with E-state index >= 15 is 0 Å². The molecule has 0 spiro atoms. The van der Waals surface area contributed by atoms with Gasteiger partial charge in [0.15, 0.2) is 0 Å². The van der Waals surface area contributed by atoms with E-state index in [4.69, 9.17) is 4.42 Å². The molecule has 0 radical (unpaired) electrons. The second-order valence-corrected chi connectivity index (χ2v) is 6.32. The van der Waals surface area contributed by atoms with Crippen LogP contribution in [-0.2, 0) is 13.0 Å². The Morgan fingerprint density at radius 2 is 2.10 bits per heavy atom. The van der Waals surface area contributed by atoms with Gasteiger partial charge in [0, 0.05) is 17.0 Å². The van der Waals surface area contributed by atoms with Crippen molar-refractivity contribution in [2.75, 3.05) is 0 Å². The highest BCUT2D eigenvalue weighted by molar-refractivity contribution is 5.83. The third-order valence-electron chi connectivity index (χ3n) is 4.19. The highest BCUT2D eigenvalue weighted by Crippen LogP contribution is 2.31. The molecule has 0 aliphatic heterocycles. The summed E-state index contributed by atoms with van der Waals surface area (Å²) >= 11 is 0. The zero-order chi connectivity index (χ0) is 14.1. The van der Waals surface area contributed by atoms with E-state index in [0.29, 0.717) is 5.92 Å². The minimum atomic E-state index is 0.566. The fourth-order valence-electron chi connectivity index (χ4n) is 2.77. The summed E-state index contributed by atoms with van der Waals surface area (Å²) in [6, 6.07) is 7.40. The summed E-state index contributed by atoms with van der Waals surface area (Å²) in [5, 5.41) is 4.90. The number of hydrogen-bond acceptors (Lipinski definition) is 2. The molecule has 0 saturated heterocycles. The van der Waals surface area contributed by atoms with Crippen molar-refractivity contribution in [3.8, 4) is 0 Å². The average molecular weight is 271 g/mol. The van der Waals surface area contributed by atoms with Gasteiger partial charge in [-0.3, -0.25) is 0 Å². The van der Waals surface area contributed by atoms with Crippen molar-refractivity contribution >= 4 is 11.0 Å². The number of rotatable bonds is 6. The van der Waals surface area contributed by atoms with Gasteiger partial charge >= 0.3 is 0 Å². The molecule has 2 aromatic rings. The Labute approximate surface area is 121 Å². The SMILES string of the molecule is CCCc1c(CNC2CC2)oc2ccc(C(C)C)cc12. The summed E-state index contributed by atoms with van der Waals surface area (Å²) in [5.74, 6) is 1.71. The van der Waals surface area contributed by atoms with Crippen LogP contribution in [0.25, 0.3) is 11.0 Å². The molecule has 1 heterocycles. The van der Waals surface area contributed by atoms with E-state index in [1.165, 1.54) is 29.4 Å². The van der Waals surface area contributed by atoms with Crippen LogP contribution >= 0.6 is 0 Å². The molecule has 0 amide bonds. The normalized spacial score (nSPS) is 15.4. The summed E-state index contributed by atoms with van der Waals surface area (Å²) < 4.78 is 6.10. The van der Waals surface area contributed by atoms with Gasteiger partial charge in [-0.05, 0) is 42.9 Å². The van der Waals surface area contributed by atoms with Gasteiger partial charge in [0.25, 0.3) is 0 Å². The van der Waals surface area contributed by atoms with E-state index < -0.39 is 0 Å². The minimum absolute atomic E-state index is 0.566. The predicted molar refractivity (Wildman–Crippen MR) is 84.2 cm³/mol. The van der Waals surface area contributed by atoms with Crippen molar-refractivity contribution in [3.05, 3.63) is 35.1 Å². The summed E-state index contributed by atoms with van der Waals surface area (Å²) in [4.78, 5) is 0. The number of hydrogen-bond donors (Lipinski definition) is 1. The van der Waals surface area contributed by atoms with Gasteiger partial charge in [-0.1, -0.05) is 33.3 Å². The first-order chi connectivity index (χ1) is 9.69. The lowest BCUT2D eigenvalue weighted by Gasteiger charge is -2.05. The summed E-state index contributed by atoms with van der Waals surface area (Å²) in [6.07, 6.45) is 4.91. The zero-order valence-electron chi connectivity index (χ0n) is 12.8. The van der Waals surface area contributed by atoms with Gasteiger partial charge in [-0.2, -0.15) is 0 Å². The molecule has 1 aliphatic carbocycles. The quantitative estimate of drug-likeness (QED) is 0.819. The van der Waals surface area contributed by atoms with Crippen LogP contribution < -0.4 is 5.32 Å². The van der Waals surface area contributed by atoms with Gasteiger partial charge in [0.1, 0.15) is 11.3 Å². The smallest absolute Gasteiger partial charge is 0.134 e. The lowest BCUT2D eigenvalue weighted by atomic mass is 9.98. The Kier molecular flexibility index (Phi) is 3.84. The number of aryl methyl sites for hydroxylation is 1.